The van der Waals surface area contributed by atoms with Gasteiger partial charge in [-0.15, -0.1) is 0 Å². The Morgan fingerprint density at radius 1 is 0.596 bits per heavy atom. The Morgan fingerprint density at radius 3 is 1.53 bits per heavy atom. The molecule has 0 radical (unpaired) electrons. The number of rotatable bonds is 24. The molecule has 8 N–H and O–H groups in total. The normalized spacial score (nSPS) is 25.6. The van der Waals surface area contributed by atoms with Crippen LogP contribution in [0.15, 0.2) is 0 Å². The number of ether oxygens (including phenoxy) is 2. The largest absolute Gasteiger partial charge is 0.472 e. The molecule has 1 aliphatic carbocycles. The van der Waals surface area contributed by atoms with Crippen LogP contribution in [-0.2, 0) is 50.9 Å². The van der Waals surface area contributed by atoms with Gasteiger partial charge in [0.15, 0.2) is 6.10 Å². The monoisotopic (exact) mass is 746 g/mol. The fraction of sp³-hybridized carbons (Fsp3) is 0.920. The molecule has 0 amide bonds. The first-order chi connectivity index (χ1) is 21.8. The van der Waals surface area contributed by atoms with Crippen molar-refractivity contribution in [1.82, 2.24) is 0 Å². The van der Waals surface area contributed by atoms with Gasteiger partial charge in [0.25, 0.3) is 0 Å². The summed E-state index contributed by atoms with van der Waals surface area (Å²) in [6.45, 7) is 2.59. The Kier molecular flexibility index (Phi) is 20.1. The molecule has 47 heavy (non-hydrogen) atoms. The zero-order valence-corrected chi connectivity index (χ0v) is 29.0. The van der Waals surface area contributed by atoms with Gasteiger partial charge in [-0.25, -0.2) is 13.7 Å². The average molecular weight is 747 g/mol. The molecule has 0 aliphatic heterocycles. The molecule has 1 aliphatic rings. The highest BCUT2D eigenvalue weighted by atomic mass is 31.2. The fourth-order valence-electron chi connectivity index (χ4n) is 4.58. The van der Waals surface area contributed by atoms with E-state index < -0.39 is 91.3 Å². The maximum atomic E-state index is 12.8. The van der Waals surface area contributed by atoms with Crippen LogP contribution in [0.2, 0.25) is 0 Å². The number of unbranched alkanes of at least 4 members (excludes halogenated alkanes) is 8. The van der Waals surface area contributed by atoms with E-state index in [-0.39, 0.29) is 12.8 Å². The first kappa shape index (κ1) is 44.2. The summed E-state index contributed by atoms with van der Waals surface area (Å²) < 4.78 is 64.2. The third-order valence-electron chi connectivity index (χ3n) is 6.91. The Hall–Kier alpha value is -0.850. The van der Waals surface area contributed by atoms with E-state index in [1.54, 1.807) is 0 Å². The number of carbonyl (C=O) groups is 2. The lowest BCUT2D eigenvalue weighted by Crippen LogP contribution is -2.65. The van der Waals surface area contributed by atoms with Gasteiger partial charge in [-0.2, -0.15) is 0 Å². The Labute approximate surface area is 272 Å². The van der Waals surface area contributed by atoms with E-state index in [1.165, 1.54) is 0 Å². The molecule has 0 spiro atoms. The summed E-state index contributed by atoms with van der Waals surface area (Å²) in [6, 6.07) is 0. The summed E-state index contributed by atoms with van der Waals surface area (Å²) in [6.07, 6.45) is -7.79. The van der Waals surface area contributed by atoms with Gasteiger partial charge in [-0.3, -0.25) is 27.7 Å². The van der Waals surface area contributed by atoms with Crippen LogP contribution < -0.4 is 0 Å². The van der Waals surface area contributed by atoms with Crippen LogP contribution in [0.4, 0.5) is 0 Å². The van der Waals surface area contributed by atoms with Gasteiger partial charge in [-0.05, 0) is 12.8 Å². The molecule has 22 heteroatoms. The summed E-state index contributed by atoms with van der Waals surface area (Å²) in [5.41, 5.74) is 0. The molecule has 0 aromatic rings. The van der Waals surface area contributed by atoms with Crippen molar-refractivity contribution in [2.45, 2.75) is 134 Å². The molecular weight excluding hydrogens is 697 g/mol. The highest BCUT2D eigenvalue weighted by Gasteiger charge is 2.56. The SMILES string of the molecule is CCCCCCCC(=O)OC[C@H](COP(=O)(O)O[C@@H]1[C@H](O)[C@H](O)[C@@H](OP(=O)(O)O)[C@H](OP(=O)(O)O)[C@@H]1O)OC(=O)CCCCCCC. The number of phosphoric acid groups is 3. The first-order valence-electron chi connectivity index (χ1n) is 15.3. The van der Waals surface area contributed by atoms with Crippen molar-refractivity contribution in [2.75, 3.05) is 13.2 Å². The zero-order chi connectivity index (χ0) is 35.8. The number of aliphatic hydroxyl groups is 3. The maximum Gasteiger partial charge on any atom is 0.472 e. The third-order valence-corrected chi connectivity index (χ3v) is 8.94. The molecule has 1 unspecified atom stereocenters. The fourth-order valence-corrected chi connectivity index (χ4v) is 6.68. The van der Waals surface area contributed by atoms with Crippen molar-refractivity contribution in [2.24, 2.45) is 0 Å². The molecular formula is C25H49O19P3. The standard InChI is InChI=1S/C25H49O19P3/c1-3-5-7-9-11-13-18(26)39-15-17(41-19(27)14-12-10-8-6-4-2)16-40-47(37,38)44-23-20(28)21(29)24(42-45(31,32)33)25(22(23)30)43-46(34,35)36/h17,20-25,28-30H,3-16H2,1-2H3,(H,37,38)(H2,31,32,33)(H2,34,35,36)/t17-,20-,21+,22-,23-,24-,25-/m1/s1. The molecule has 1 saturated carbocycles. The van der Waals surface area contributed by atoms with Crippen LogP contribution in [0.25, 0.3) is 0 Å². The number of aliphatic hydroxyl groups excluding tert-OH is 3. The second-order valence-electron chi connectivity index (χ2n) is 11.1. The van der Waals surface area contributed by atoms with Gasteiger partial charge in [0.2, 0.25) is 0 Å². The highest BCUT2D eigenvalue weighted by molar-refractivity contribution is 7.47. The van der Waals surface area contributed by atoms with E-state index in [0.29, 0.717) is 12.8 Å². The molecule has 0 heterocycles. The summed E-state index contributed by atoms with van der Waals surface area (Å²) in [5, 5.41) is 31.4. The lowest BCUT2D eigenvalue weighted by Gasteiger charge is -2.44. The minimum absolute atomic E-state index is 0.00394. The predicted molar refractivity (Wildman–Crippen MR) is 160 cm³/mol. The minimum atomic E-state index is -5.57. The highest BCUT2D eigenvalue weighted by Crippen LogP contribution is 2.51. The van der Waals surface area contributed by atoms with Gasteiger partial charge in [0.05, 0.1) is 6.61 Å². The minimum Gasteiger partial charge on any atom is -0.462 e. The summed E-state index contributed by atoms with van der Waals surface area (Å²) in [7, 11) is -16.5. The molecule has 1 fully saturated rings. The second-order valence-corrected chi connectivity index (χ2v) is 14.8. The van der Waals surface area contributed by atoms with E-state index >= 15 is 0 Å². The summed E-state index contributed by atoms with van der Waals surface area (Å²) in [5.74, 6) is -1.33. The van der Waals surface area contributed by atoms with Crippen molar-refractivity contribution in [3.8, 4) is 0 Å². The Bertz CT molecular complexity index is 1080. The van der Waals surface area contributed by atoms with Crippen LogP contribution in [0.3, 0.4) is 0 Å². The predicted octanol–water partition coefficient (Wildman–Crippen LogP) is 1.72. The van der Waals surface area contributed by atoms with Crippen molar-refractivity contribution in [1.29, 1.82) is 0 Å². The lowest BCUT2D eigenvalue weighted by molar-refractivity contribution is -0.213. The molecule has 19 nitrogen and oxygen atoms in total. The summed E-state index contributed by atoms with van der Waals surface area (Å²) in [4.78, 5) is 71.6. The molecule has 0 aromatic carbocycles. The maximum absolute atomic E-state index is 12.8. The molecule has 0 saturated heterocycles. The number of hydrogen-bond acceptors (Lipinski definition) is 14. The van der Waals surface area contributed by atoms with Crippen molar-refractivity contribution < 1.29 is 90.6 Å². The van der Waals surface area contributed by atoms with E-state index in [9.17, 15) is 53.3 Å². The van der Waals surface area contributed by atoms with Crippen molar-refractivity contribution >= 4 is 35.4 Å². The average Bonchev–Trinajstić information content (AvgIpc) is 2.96. The van der Waals surface area contributed by atoms with E-state index in [1.807, 2.05) is 13.8 Å². The number of hydrogen-bond donors (Lipinski definition) is 8. The van der Waals surface area contributed by atoms with Gasteiger partial charge in [0, 0.05) is 12.8 Å². The van der Waals surface area contributed by atoms with Gasteiger partial charge in [-0.1, -0.05) is 65.2 Å². The van der Waals surface area contributed by atoms with Gasteiger partial charge >= 0.3 is 35.4 Å². The van der Waals surface area contributed by atoms with E-state index in [4.69, 9.17) is 28.3 Å². The van der Waals surface area contributed by atoms with Crippen molar-refractivity contribution in [3.05, 3.63) is 0 Å². The molecule has 278 valence electrons. The van der Waals surface area contributed by atoms with Crippen LogP contribution >= 0.6 is 23.5 Å². The first-order valence-corrected chi connectivity index (χ1v) is 19.9. The van der Waals surface area contributed by atoms with Gasteiger partial charge < -0.3 is 49.3 Å². The van der Waals surface area contributed by atoms with E-state index in [0.717, 1.165) is 51.4 Å². The molecule has 0 aromatic heterocycles. The van der Waals surface area contributed by atoms with Gasteiger partial charge in [0.1, 0.15) is 43.2 Å². The van der Waals surface area contributed by atoms with Crippen LogP contribution in [0, 0.1) is 0 Å². The lowest BCUT2D eigenvalue weighted by atomic mass is 9.85. The molecule has 8 atom stereocenters. The van der Waals surface area contributed by atoms with Crippen LogP contribution in [-0.4, -0.2) is 108 Å². The third kappa shape index (κ3) is 18.6. The zero-order valence-electron chi connectivity index (χ0n) is 26.4. The van der Waals surface area contributed by atoms with Crippen LogP contribution in [0.5, 0.6) is 0 Å². The quantitative estimate of drug-likeness (QED) is 0.0396. The van der Waals surface area contributed by atoms with E-state index in [2.05, 4.69) is 9.05 Å². The summed E-state index contributed by atoms with van der Waals surface area (Å²) >= 11 is 0. The Balaban J connectivity index is 2.98. The second kappa shape index (κ2) is 21.4. The van der Waals surface area contributed by atoms with Crippen molar-refractivity contribution in [3.63, 3.8) is 0 Å². The number of phosphoric ester groups is 3. The molecule has 1 rings (SSSR count). The molecule has 0 bridgehead atoms. The Morgan fingerprint density at radius 2 is 1.04 bits per heavy atom. The number of carbonyl (C=O) groups excluding carboxylic acids is 2. The van der Waals surface area contributed by atoms with Crippen LogP contribution in [0.1, 0.15) is 90.9 Å². The number of esters is 2. The topological polar surface area (TPSA) is 303 Å². The smallest absolute Gasteiger partial charge is 0.462 e.